The summed E-state index contributed by atoms with van der Waals surface area (Å²) in [6.07, 6.45) is 0. The minimum atomic E-state index is -3.52. The molecule has 0 radical (unpaired) electrons. The van der Waals surface area contributed by atoms with Gasteiger partial charge in [0, 0.05) is 22.3 Å². The summed E-state index contributed by atoms with van der Waals surface area (Å²) in [5, 5.41) is 9.09. The van der Waals surface area contributed by atoms with Gasteiger partial charge in [-0.2, -0.15) is 0 Å². The van der Waals surface area contributed by atoms with Gasteiger partial charge in [-0.05, 0) is 33.0 Å². The second kappa shape index (κ2) is 7.51. The van der Waals surface area contributed by atoms with Gasteiger partial charge in [-0.25, -0.2) is 13.1 Å². The molecule has 2 N–H and O–H groups in total. The molecular formula is C13H24N2O3S2. The van der Waals surface area contributed by atoms with Gasteiger partial charge in [0.1, 0.15) is 0 Å². The van der Waals surface area contributed by atoms with Crippen LogP contribution in [0.3, 0.4) is 0 Å². The SMILES string of the molecule is CCN(CC)CC(C)NS(=O)(=O)c1cc(CO)sc1C. The highest BCUT2D eigenvalue weighted by Crippen LogP contribution is 2.25. The van der Waals surface area contributed by atoms with E-state index in [0.29, 0.717) is 16.3 Å². The summed E-state index contributed by atoms with van der Waals surface area (Å²) in [4.78, 5) is 3.82. The zero-order valence-electron chi connectivity index (χ0n) is 12.5. The van der Waals surface area contributed by atoms with Crippen LogP contribution in [0, 0.1) is 6.92 Å². The monoisotopic (exact) mass is 320 g/mol. The topological polar surface area (TPSA) is 69.6 Å². The van der Waals surface area contributed by atoms with Crippen LogP contribution in [0.1, 0.15) is 30.5 Å². The lowest BCUT2D eigenvalue weighted by atomic mass is 10.3. The summed E-state index contributed by atoms with van der Waals surface area (Å²) >= 11 is 1.31. The zero-order chi connectivity index (χ0) is 15.3. The maximum Gasteiger partial charge on any atom is 0.241 e. The zero-order valence-corrected chi connectivity index (χ0v) is 14.1. The van der Waals surface area contributed by atoms with Crippen LogP contribution in [0.2, 0.25) is 0 Å². The second-order valence-corrected chi connectivity index (χ2v) is 7.82. The van der Waals surface area contributed by atoms with Crippen LogP contribution in [-0.2, 0) is 16.6 Å². The van der Waals surface area contributed by atoms with Gasteiger partial charge in [-0.3, -0.25) is 0 Å². The molecule has 7 heteroatoms. The van der Waals surface area contributed by atoms with Crippen molar-refractivity contribution in [2.45, 2.75) is 45.2 Å². The summed E-state index contributed by atoms with van der Waals surface area (Å²) in [5.41, 5.74) is 0. The number of nitrogens with zero attached hydrogens (tertiary/aromatic N) is 1. The van der Waals surface area contributed by atoms with Crippen molar-refractivity contribution in [2.75, 3.05) is 19.6 Å². The van der Waals surface area contributed by atoms with Crippen LogP contribution in [0.5, 0.6) is 0 Å². The van der Waals surface area contributed by atoms with Crippen molar-refractivity contribution in [3.8, 4) is 0 Å². The Balaban J connectivity index is 2.81. The van der Waals surface area contributed by atoms with E-state index in [0.717, 1.165) is 13.1 Å². The van der Waals surface area contributed by atoms with E-state index in [9.17, 15) is 8.42 Å². The Kier molecular flexibility index (Phi) is 6.60. The molecule has 0 saturated carbocycles. The van der Waals surface area contributed by atoms with Crippen molar-refractivity contribution < 1.29 is 13.5 Å². The molecule has 116 valence electrons. The number of aryl methyl sites for hydroxylation is 1. The Labute approximate surface area is 125 Å². The number of sulfonamides is 1. The van der Waals surface area contributed by atoms with Crippen molar-refractivity contribution in [2.24, 2.45) is 0 Å². The smallest absolute Gasteiger partial charge is 0.241 e. The minimum Gasteiger partial charge on any atom is -0.391 e. The van der Waals surface area contributed by atoms with E-state index in [1.54, 1.807) is 13.0 Å². The summed E-state index contributed by atoms with van der Waals surface area (Å²) in [6.45, 7) is 10.1. The number of rotatable bonds is 8. The lowest BCUT2D eigenvalue weighted by Crippen LogP contribution is -2.41. The Morgan fingerprint density at radius 3 is 2.45 bits per heavy atom. The number of hydrogen-bond donors (Lipinski definition) is 2. The first-order valence-corrected chi connectivity index (χ1v) is 9.08. The van der Waals surface area contributed by atoms with E-state index in [2.05, 4.69) is 23.5 Å². The van der Waals surface area contributed by atoms with Crippen LogP contribution in [0.4, 0.5) is 0 Å². The molecular weight excluding hydrogens is 296 g/mol. The van der Waals surface area contributed by atoms with Gasteiger partial charge in [-0.15, -0.1) is 11.3 Å². The molecule has 0 aliphatic heterocycles. The third kappa shape index (κ3) is 4.53. The molecule has 0 aromatic carbocycles. The molecule has 1 aromatic heterocycles. The lowest BCUT2D eigenvalue weighted by Gasteiger charge is -2.23. The van der Waals surface area contributed by atoms with Crippen LogP contribution in [-0.4, -0.2) is 44.1 Å². The normalized spacial score (nSPS) is 13.9. The molecule has 0 saturated heterocycles. The standard InChI is InChI=1S/C13H24N2O3S2/c1-5-15(6-2)8-10(3)14-20(17,18)13-7-12(9-16)19-11(13)4/h7,10,14,16H,5-6,8-9H2,1-4H3. The van der Waals surface area contributed by atoms with Gasteiger partial charge in [-0.1, -0.05) is 13.8 Å². The number of aliphatic hydroxyl groups excluding tert-OH is 1. The van der Waals surface area contributed by atoms with Crippen LogP contribution in [0.25, 0.3) is 0 Å². The molecule has 0 bridgehead atoms. The van der Waals surface area contributed by atoms with Crippen molar-refractivity contribution in [1.82, 2.24) is 9.62 Å². The second-order valence-electron chi connectivity index (χ2n) is 4.80. The third-order valence-corrected chi connectivity index (χ3v) is 6.03. The Morgan fingerprint density at radius 2 is 2.00 bits per heavy atom. The van der Waals surface area contributed by atoms with Gasteiger partial charge in [0.2, 0.25) is 10.0 Å². The predicted molar refractivity (Wildman–Crippen MR) is 82.6 cm³/mol. The molecule has 0 fully saturated rings. The summed E-state index contributed by atoms with van der Waals surface area (Å²) < 4.78 is 27.4. The van der Waals surface area contributed by atoms with E-state index >= 15 is 0 Å². The van der Waals surface area contributed by atoms with E-state index < -0.39 is 10.0 Å². The molecule has 0 spiro atoms. The molecule has 1 heterocycles. The Morgan fingerprint density at radius 1 is 1.40 bits per heavy atom. The van der Waals surface area contributed by atoms with E-state index in [1.807, 2.05) is 6.92 Å². The summed E-state index contributed by atoms with van der Waals surface area (Å²) in [7, 11) is -3.52. The molecule has 1 rings (SSSR count). The number of hydrogen-bond acceptors (Lipinski definition) is 5. The predicted octanol–water partition coefficient (Wildman–Crippen LogP) is 1.56. The molecule has 1 unspecified atom stereocenters. The molecule has 0 amide bonds. The average molecular weight is 320 g/mol. The van der Waals surface area contributed by atoms with Gasteiger partial charge in [0.05, 0.1) is 11.5 Å². The molecule has 0 aliphatic carbocycles. The van der Waals surface area contributed by atoms with Crippen molar-refractivity contribution in [1.29, 1.82) is 0 Å². The first-order valence-electron chi connectivity index (χ1n) is 6.78. The first-order chi connectivity index (χ1) is 9.33. The molecule has 1 aromatic rings. The fourth-order valence-corrected chi connectivity index (χ4v) is 4.83. The van der Waals surface area contributed by atoms with Crippen LogP contribution < -0.4 is 4.72 Å². The van der Waals surface area contributed by atoms with Gasteiger partial charge in [0.25, 0.3) is 0 Å². The first kappa shape index (κ1) is 17.6. The third-order valence-electron chi connectivity index (χ3n) is 3.15. The largest absolute Gasteiger partial charge is 0.391 e. The number of nitrogens with one attached hydrogen (secondary N) is 1. The van der Waals surface area contributed by atoms with E-state index in [1.165, 1.54) is 11.3 Å². The van der Waals surface area contributed by atoms with Crippen molar-refractivity contribution in [3.05, 3.63) is 15.8 Å². The highest BCUT2D eigenvalue weighted by atomic mass is 32.2. The quantitative estimate of drug-likeness (QED) is 0.762. The maximum atomic E-state index is 12.3. The average Bonchev–Trinajstić information content (AvgIpc) is 2.77. The fourth-order valence-electron chi connectivity index (χ4n) is 2.10. The lowest BCUT2D eigenvalue weighted by molar-refractivity contribution is 0.282. The van der Waals surface area contributed by atoms with Gasteiger partial charge < -0.3 is 10.0 Å². The van der Waals surface area contributed by atoms with Gasteiger partial charge >= 0.3 is 0 Å². The summed E-state index contributed by atoms with van der Waals surface area (Å²) in [5.74, 6) is 0. The van der Waals surface area contributed by atoms with E-state index in [4.69, 9.17) is 5.11 Å². The highest BCUT2D eigenvalue weighted by Gasteiger charge is 2.22. The highest BCUT2D eigenvalue weighted by molar-refractivity contribution is 7.89. The Hall–Kier alpha value is -0.470. The number of aliphatic hydroxyl groups is 1. The molecule has 20 heavy (non-hydrogen) atoms. The van der Waals surface area contributed by atoms with E-state index in [-0.39, 0.29) is 17.5 Å². The van der Waals surface area contributed by atoms with Crippen LogP contribution in [0.15, 0.2) is 11.0 Å². The maximum absolute atomic E-state index is 12.3. The molecule has 5 nitrogen and oxygen atoms in total. The van der Waals surface area contributed by atoms with Crippen LogP contribution >= 0.6 is 11.3 Å². The fraction of sp³-hybridized carbons (Fsp3) is 0.692. The van der Waals surface area contributed by atoms with Gasteiger partial charge in [0.15, 0.2) is 0 Å². The van der Waals surface area contributed by atoms with Crippen molar-refractivity contribution in [3.63, 3.8) is 0 Å². The number of thiophene rings is 1. The number of likely N-dealkylation sites (N-methyl/N-ethyl adjacent to an activating group) is 1. The minimum absolute atomic E-state index is 0.129. The van der Waals surface area contributed by atoms with Crippen molar-refractivity contribution >= 4 is 21.4 Å². The Bertz CT molecular complexity index is 522. The summed E-state index contributed by atoms with van der Waals surface area (Å²) in [6, 6.07) is 1.39. The molecule has 0 aliphatic rings. The molecule has 1 atom stereocenters.